The van der Waals surface area contributed by atoms with Gasteiger partial charge in [-0.3, -0.25) is 18.7 Å². The lowest BCUT2D eigenvalue weighted by molar-refractivity contribution is -0.606. The van der Waals surface area contributed by atoms with Gasteiger partial charge in [0, 0.05) is 34.7 Å². The van der Waals surface area contributed by atoms with Gasteiger partial charge >= 0.3 is 0 Å². The van der Waals surface area contributed by atoms with Crippen LogP contribution in [0.4, 0.5) is 0 Å². The third kappa shape index (κ3) is 6.92. The molecular formula is C45H49N5O. The summed E-state index contributed by atoms with van der Waals surface area (Å²) in [6, 6.07) is 26.0. The van der Waals surface area contributed by atoms with Crippen LogP contribution in [0, 0.1) is 32.0 Å². The Balaban J connectivity index is 1.28. The molecule has 0 fully saturated rings. The fourth-order valence-corrected chi connectivity index (χ4v) is 6.64. The predicted molar refractivity (Wildman–Crippen MR) is 208 cm³/mol. The zero-order valence-corrected chi connectivity index (χ0v) is 31.0. The molecule has 0 aliphatic carbocycles. The van der Waals surface area contributed by atoms with Crippen molar-refractivity contribution in [3.8, 4) is 28.7 Å². The van der Waals surface area contributed by atoms with Gasteiger partial charge in [0.2, 0.25) is 0 Å². The van der Waals surface area contributed by atoms with E-state index in [2.05, 4.69) is 85.2 Å². The molecule has 4 heterocycles. The number of para-hydroxylation sites is 1. The van der Waals surface area contributed by atoms with Gasteiger partial charge in [-0.2, -0.15) is 0 Å². The van der Waals surface area contributed by atoms with Crippen LogP contribution in [0.5, 0.6) is 11.5 Å². The number of hydrogen-bond acceptors (Lipinski definition) is 3. The SMILES string of the molecule is [2H]C([2H])(c1cc(-[n+]2[c-]n(-c3cncc(Oc4ccc5c6ccccc6n(-c6cc(C(C)(C)C)ccn6)c5c4)c3)c(C)c2C)cc(C([2H])([2H])C(C)C)c1)C(C)C. The van der Waals surface area contributed by atoms with E-state index < -0.39 is 12.7 Å². The molecule has 7 aromatic rings. The zero-order chi connectivity index (χ0) is 39.6. The molecule has 3 aromatic carbocycles. The van der Waals surface area contributed by atoms with Gasteiger partial charge < -0.3 is 4.74 Å². The van der Waals surface area contributed by atoms with E-state index in [1.54, 1.807) is 18.5 Å². The first-order valence-corrected chi connectivity index (χ1v) is 17.7. The molecular weight excluding hydrogens is 627 g/mol. The van der Waals surface area contributed by atoms with Crippen molar-refractivity contribution in [1.82, 2.24) is 19.1 Å². The van der Waals surface area contributed by atoms with E-state index in [-0.39, 0.29) is 17.3 Å². The fourth-order valence-electron chi connectivity index (χ4n) is 6.64. The average Bonchev–Trinajstić information content (AvgIpc) is 3.63. The van der Waals surface area contributed by atoms with Gasteiger partial charge in [0.1, 0.15) is 17.3 Å². The maximum absolute atomic E-state index is 8.89. The molecule has 4 aromatic heterocycles. The van der Waals surface area contributed by atoms with E-state index in [4.69, 9.17) is 15.2 Å². The Morgan fingerprint density at radius 3 is 2.22 bits per heavy atom. The molecule has 0 bridgehead atoms. The lowest BCUT2D eigenvalue weighted by Gasteiger charge is -2.20. The molecule has 0 N–H and O–H groups in total. The van der Waals surface area contributed by atoms with E-state index in [1.165, 1.54) is 5.56 Å². The van der Waals surface area contributed by atoms with Crippen LogP contribution in [-0.2, 0) is 18.2 Å². The number of hydrogen-bond donors (Lipinski definition) is 0. The third-order valence-corrected chi connectivity index (χ3v) is 9.16. The van der Waals surface area contributed by atoms with E-state index in [9.17, 15) is 0 Å². The van der Waals surface area contributed by atoms with Crippen LogP contribution in [0.15, 0.2) is 97.5 Å². The smallest absolute Gasteiger partial charge is 0.269 e. The maximum atomic E-state index is 8.89. The summed E-state index contributed by atoms with van der Waals surface area (Å²) in [7, 11) is 0. The summed E-state index contributed by atoms with van der Waals surface area (Å²) in [6.07, 6.45) is 5.45. The summed E-state index contributed by atoms with van der Waals surface area (Å²) >= 11 is 0. The Hall–Kier alpha value is -5.23. The second kappa shape index (κ2) is 13.5. The topological polar surface area (TPSA) is 48.8 Å². The Morgan fingerprint density at radius 1 is 0.804 bits per heavy atom. The van der Waals surface area contributed by atoms with Crippen molar-refractivity contribution in [2.75, 3.05) is 0 Å². The molecule has 0 spiro atoms. The highest BCUT2D eigenvalue weighted by molar-refractivity contribution is 6.09. The van der Waals surface area contributed by atoms with Gasteiger partial charge in [0.05, 0.1) is 40.0 Å². The molecule has 0 saturated carbocycles. The number of rotatable bonds is 9. The molecule has 0 aliphatic rings. The van der Waals surface area contributed by atoms with Crippen molar-refractivity contribution in [2.45, 2.75) is 80.5 Å². The normalized spacial score (nSPS) is 13.9. The summed E-state index contributed by atoms with van der Waals surface area (Å²) in [5.74, 6) is 1.44. The first kappa shape index (κ1) is 29.5. The third-order valence-electron chi connectivity index (χ3n) is 9.16. The largest absolute Gasteiger partial charge is 0.456 e. The number of aromatic nitrogens is 5. The summed E-state index contributed by atoms with van der Waals surface area (Å²) in [4.78, 5) is 9.36. The first-order valence-electron chi connectivity index (χ1n) is 19.7. The minimum atomic E-state index is -1.66. The van der Waals surface area contributed by atoms with E-state index in [1.807, 2.05) is 81.1 Å². The molecule has 260 valence electrons. The van der Waals surface area contributed by atoms with Crippen molar-refractivity contribution < 1.29 is 14.8 Å². The zero-order valence-electron chi connectivity index (χ0n) is 35.0. The molecule has 0 atom stereocenters. The van der Waals surface area contributed by atoms with Crippen LogP contribution in [0.1, 0.15) is 82.0 Å². The van der Waals surface area contributed by atoms with Crippen molar-refractivity contribution in [2.24, 2.45) is 11.8 Å². The maximum Gasteiger partial charge on any atom is 0.269 e. The minimum absolute atomic E-state index is 0.0316. The summed E-state index contributed by atoms with van der Waals surface area (Å²) in [5.41, 5.74) is 7.27. The second-order valence-corrected chi connectivity index (χ2v) is 15.0. The molecule has 51 heavy (non-hydrogen) atoms. The van der Waals surface area contributed by atoms with Gasteiger partial charge in [-0.15, -0.1) is 0 Å². The fraction of sp³-hybridized carbons (Fsp3) is 0.311. The Labute approximate surface area is 308 Å². The first-order chi connectivity index (χ1) is 25.9. The van der Waals surface area contributed by atoms with Gasteiger partial charge in [-0.1, -0.05) is 83.9 Å². The second-order valence-electron chi connectivity index (χ2n) is 15.0. The lowest BCUT2D eigenvalue weighted by Crippen LogP contribution is -2.32. The van der Waals surface area contributed by atoms with Crippen LogP contribution in [0.3, 0.4) is 0 Å². The van der Waals surface area contributed by atoms with Gasteiger partial charge in [0.15, 0.2) is 0 Å². The van der Waals surface area contributed by atoms with Crippen LogP contribution in [-0.4, -0.2) is 19.1 Å². The van der Waals surface area contributed by atoms with Crippen molar-refractivity contribution in [3.63, 3.8) is 0 Å². The number of ether oxygens (including phenoxy) is 1. The number of imidazole rings is 1. The van der Waals surface area contributed by atoms with E-state index >= 15 is 0 Å². The molecule has 7 rings (SSSR count). The Morgan fingerprint density at radius 2 is 1.51 bits per heavy atom. The van der Waals surface area contributed by atoms with Crippen LogP contribution in [0.2, 0.25) is 0 Å². The standard InChI is InChI=1S/C45H49N5O/c1-29(2)18-33-20-34(19-30(3)4)22-36(21-33)48-28-49(32(6)31(48)5)37-24-39(27-46-26-37)51-38-14-15-41-40-12-10-11-13-42(40)50(43(41)25-38)44-23-35(16-17-47-44)45(7,8)9/h10-17,20-27,29-30H,18-19H2,1-9H3/i18D2,19D2. The molecule has 6 heteroatoms. The molecule has 0 amide bonds. The van der Waals surface area contributed by atoms with E-state index in [0.29, 0.717) is 28.3 Å². The molecule has 0 aliphatic heterocycles. The quantitative estimate of drug-likeness (QED) is 0.113. The monoisotopic (exact) mass is 679 g/mol. The molecule has 6 nitrogen and oxygen atoms in total. The lowest BCUT2D eigenvalue weighted by atomic mass is 9.88. The van der Waals surface area contributed by atoms with Crippen LogP contribution >= 0.6 is 0 Å². The highest BCUT2D eigenvalue weighted by atomic mass is 16.5. The summed E-state index contributed by atoms with van der Waals surface area (Å²) < 4.78 is 48.1. The van der Waals surface area contributed by atoms with Crippen LogP contribution in [0.25, 0.3) is 39.0 Å². The molecule has 0 unspecified atom stereocenters. The molecule has 0 radical (unpaired) electrons. The van der Waals surface area contributed by atoms with Crippen LogP contribution < -0.4 is 9.30 Å². The summed E-state index contributed by atoms with van der Waals surface area (Å²) in [6.45, 7) is 18.0. The van der Waals surface area contributed by atoms with Gasteiger partial charge in [0.25, 0.3) is 6.33 Å². The van der Waals surface area contributed by atoms with Crippen molar-refractivity contribution in [1.29, 1.82) is 0 Å². The van der Waals surface area contributed by atoms with Gasteiger partial charge in [-0.25, -0.2) is 4.98 Å². The minimum Gasteiger partial charge on any atom is -0.456 e. The Kier molecular flexibility index (Phi) is 7.80. The Bertz CT molecular complexity index is 2520. The molecule has 0 saturated heterocycles. The average molecular weight is 680 g/mol. The van der Waals surface area contributed by atoms with Crippen molar-refractivity contribution in [3.05, 3.63) is 132 Å². The number of benzene rings is 3. The highest BCUT2D eigenvalue weighted by Crippen LogP contribution is 2.36. The van der Waals surface area contributed by atoms with Crippen molar-refractivity contribution >= 4 is 21.8 Å². The number of pyridine rings is 2. The highest BCUT2D eigenvalue weighted by Gasteiger charge is 2.19. The van der Waals surface area contributed by atoms with Gasteiger partial charge in [-0.05, 0) is 97.9 Å². The number of nitrogens with zero attached hydrogens (tertiary/aromatic N) is 5. The van der Waals surface area contributed by atoms with E-state index in [0.717, 1.165) is 44.7 Å². The predicted octanol–water partition coefficient (Wildman–Crippen LogP) is 10.5. The number of fused-ring (bicyclic) bond motifs is 3. The summed E-state index contributed by atoms with van der Waals surface area (Å²) in [5, 5.41) is 2.24.